The number of hydroxylamine groups is 2. The Labute approximate surface area is 110 Å². The van der Waals surface area contributed by atoms with Crippen LogP contribution in [0.3, 0.4) is 0 Å². The van der Waals surface area contributed by atoms with Gasteiger partial charge in [0.2, 0.25) is 5.91 Å². The minimum Gasteiger partial charge on any atom is -0.303 e. The second-order valence-electron chi connectivity index (χ2n) is 4.43. The van der Waals surface area contributed by atoms with E-state index in [-0.39, 0.29) is 10.8 Å². The van der Waals surface area contributed by atoms with Crippen LogP contribution in [0.25, 0.3) is 0 Å². The summed E-state index contributed by atoms with van der Waals surface area (Å²) in [4.78, 5) is 28.6. The first-order valence-electron chi connectivity index (χ1n) is 6.26. The Bertz CT molecular complexity index is 460. The lowest BCUT2D eigenvalue weighted by Gasteiger charge is -2.25. The predicted octanol–water partition coefficient (Wildman–Crippen LogP) is 1.55. The Hall–Kier alpha value is -1.14. The van der Waals surface area contributed by atoms with Crippen LogP contribution in [-0.4, -0.2) is 28.7 Å². The van der Waals surface area contributed by atoms with Crippen LogP contribution in [0.4, 0.5) is 0 Å². The average Bonchev–Trinajstić information content (AvgIpc) is 2.71. The topological polar surface area (TPSA) is 51.5 Å². The molecule has 2 rings (SSSR count). The van der Waals surface area contributed by atoms with Gasteiger partial charge in [-0.2, -0.15) is 0 Å². The lowest BCUT2D eigenvalue weighted by atomic mass is 10.2. The molecule has 0 bridgehead atoms. The standard InChI is InChI=1S/C12H18N2O3S/c1-10-9-18-12(16)13(10)6-4-5-11(15)14-7-2-3-8-17-14/h9H,2-8H2,1H3. The number of aryl methyl sites for hydroxylation is 1. The largest absolute Gasteiger partial charge is 0.307 e. The molecule has 0 unspecified atom stereocenters. The summed E-state index contributed by atoms with van der Waals surface area (Å²) in [5.41, 5.74) is 0.965. The van der Waals surface area contributed by atoms with Crippen molar-refractivity contribution < 1.29 is 9.63 Å². The fourth-order valence-electron chi connectivity index (χ4n) is 1.98. The molecular formula is C12H18N2O3S. The second kappa shape index (κ2) is 6.15. The Balaban J connectivity index is 1.78. The Morgan fingerprint density at radius 1 is 1.50 bits per heavy atom. The van der Waals surface area contributed by atoms with Crippen LogP contribution in [0.5, 0.6) is 0 Å². The Kier molecular flexibility index (Phi) is 4.54. The molecule has 1 aliphatic heterocycles. The highest BCUT2D eigenvalue weighted by atomic mass is 32.1. The maximum atomic E-state index is 11.8. The Morgan fingerprint density at radius 3 is 2.94 bits per heavy atom. The van der Waals surface area contributed by atoms with Crippen molar-refractivity contribution in [3.63, 3.8) is 0 Å². The predicted molar refractivity (Wildman–Crippen MR) is 69.4 cm³/mol. The third-order valence-corrected chi connectivity index (χ3v) is 3.91. The summed E-state index contributed by atoms with van der Waals surface area (Å²) in [6, 6.07) is 0. The highest BCUT2D eigenvalue weighted by molar-refractivity contribution is 7.07. The van der Waals surface area contributed by atoms with Gasteiger partial charge in [0.05, 0.1) is 6.61 Å². The summed E-state index contributed by atoms with van der Waals surface area (Å²) in [6.07, 6.45) is 3.14. The van der Waals surface area contributed by atoms with Crippen LogP contribution in [0.2, 0.25) is 0 Å². The molecule has 0 N–H and O–H groups in total. The number of carbonyl (C=O) groups excluding carboxylic acids is 1. The number of amides is 1. The molecule has 1 amide bonds. The van der Waals surface area contributed by atoms with Gasteiger partial charge in [-0.15, -0.1) is 0 Å². The second-order valence-corrected chi connectivity index (χ2v) is 5.26. The van der Waals surface area contributed by atoms with Crippen LogP contribution in [0, 0.1) is 6.92 Å². The molecule has 1 aromatic heterocycles. The maximum absolute atomic E-state index is 11.8. The molecule has 1 fully saturated rings. The fourth-order valence-corrected chi connectivity index (χ4v) is 2.74. The van der Waals surface area contributed by atoms with Gasteiger partial charge in [-0.25, -0.2) is 5.06 Å². The molecule has 100 valence electrons. The van der Waals surface area contributed by atoms with Crippen LogP contribution >= 0.6 is 11.3 Å². The van der Waals surface area contributed by atoms with Gasteiger partial charge in [0, 0.05) is 30.6 Å². The van der Waals surface area contributed by atoms with E-state index in [1.807, 2.05) is 12.3 Å². The van der Waals surface area contributed by atoms with Crippen molar-refractivity contribution in [2.45, 2.75) is 39.2 Å². The van der Waals surface area contributed by atoms with Crippen molar-refractivity contribution in [2.75, 3.05) is 13.2 Å². The molecular weight excluding hydrogens is 252 g/mol. The molecule has 0 saturated carbocycles. The van der Waals surface area contributed by atoms with Crippen LogP contribution in [-0.2, 0) is 16.2 Å². The van der Waals surface area contributed by atoms with Gasteiger partial charge in [0.1, 0.15) is 0 Å². The smallest absolute Gasteiger partial charge is 0.303 e. The third kappa shape index (κ3) is 3.20. The van der Waals surface area contributed by atoms with E-state index >= 15 is 0 Å². The lowest BCUT2D eigenvalue weighted by molar-refractivity contribution is -0.197. The van der Waals surface area contributed by atoms with Gasteiger partial charge in [0.25, 0.3) is 0 Å². The minimum absolute atomic E-state index is 0.0237. The minimum atomic E-state index is 0.0237. The summed E-state index contributed by atoms with van der Waals surface area (Å²) in [7, 11) is 0. The van der Waals surface area contributed by atoms with Gasteiger partial charge in [0.15, 0.2) is 0 Å². The molecule has 1 aliphatic rings. The van der Waals surface area contributed by atoms with Crippen LogP contribution in [0.15, 0.2) is 10.2 Å². The van der Waals surface area contributed by atoms with E-state index in [2.05, 4.69) is 0 Å². The summed E-state index contributed by atoms with van der Waals surface area (Å²) >= 11 is 1.21. The Morgan fingerprint density at radius 2 is 2.33 bits per heavy atom. The van der Waals surface area contributed by atoms with E-state index in [0.29, 0.717) is 32.5 Å². The quantitative estimate of drug-likeness (QED) is 0.834. The molecule has 0 atom stereocenters. The third-order valence-electron chi connectivity index (χ3n) is 3.03. The average molecular weight is 270 g/mol. The number of nitrogens with zero attached hydrogens (tertiary/aromatic N) is 2. The molecule has 1 saturated heterocycles. The molecule has 0 spiro atoms. The molecule has 0 aromatic carbocycles. The zero-order valence-corrected chi connectivity index (χ0v) is 11.4. The van der Waals surface area contributed by atoms with E-state index in [0.717, 1.165) is 18.5 Å². The molecule has 1 aromatic rings. The van der Waals surface area contributed by atoms with Crippen molar-refractivity contribution >= 4 is 17.2 Å². The highest BCUT2D eigenvalue weighted by Crippen LogP contribution is 2.09. The molecule has 6 heteroatoms. The van der Waals surface area contributed by atoms with Crippen LogP contribution in [0.1, 0.15) is 31.4 Å². The zero-order valence-electron chi connectivity index (χ0n) is 10.6. The van der Waals surface area contributed by atoms with E-state index in [9.17, 15) is 9.59 Å². The van der Waals surface area contributed by atoms with Gasteiger partial charge in [-0.05, 0) is 26.2 Å². The SMILES string of the molecule is Cc1csc(=O)n1CCCC(=O)N1CCCCO1. The number of hydrogen-bond acceptors (Lipinski definition) is 4. The van der Waals surface area contributed by atoms with Crippen molar-refractivity contribution in [2.24, 2.45) is 0 Å². The maximum Gasteiger partial charge on any atom is 0.307 e. The first kappa shape index (κ1) is 13.3. The summed E-state index contributed by atoms with van der Waals surface area (Å²) in [6.45, 7) is 3.84. The normalized spacial score (nSPS) is 15.9. The van der Waals surface area contributed by atoms with E-state index in [4.69, 9.17) is 4.84 Å². The molecule has 18 heavy (non-hydrogen) atoms. The monoisotopic (exact) mass is 270 g/mol. The van der Waals surface area contributed by atoms with E-state index in [1.165, 1.54) is 16.4 Å². The fraction of sp³-hybridized carbons (Fsp3) is 0.667. The van der Waals surface area contributed by atoms with E-state index < -0.39 is 0 Å². The summed E-state index contributed by atoms with van der Waals surface area (Å²) < 4.78 is 1.72. The first-order valence-corrected chi connectivity index (χ1v) is 7.14. The summed E-state index contributed by atoms with van der Waals surface area (Å²) in [5, 5.41) is 3.31. The number of rotatable bonds is 4. The molecule has 5 nitrogen and oxygen atoms in total. The first-order chi connectivity index (χ1) is 8.68. The van der Waals surface area contributed by atoms with Gasteiger partial charge in [-0.1, -0.05) is 11.3 Å². The lowest BCUT2D eigenvalue weighted by Crippen LogP contribution is -2.35. The van der Waals surface area contributed by atoms with Crippen molar-refractivity contribution in [1.82, 2.24) is 9.63 Å². The van der Waals surface area contributed by atoms with E-state index in [1.54, 1.807) is 4.57 Å². The van der Waals surface area contributed by atoms with Gasteiger partial charge < -0.3 is 4.57 Å². The van der Waals surface area contributed by atoms with Gasteiger partial charge in [-0.3, -0.25) is 14.4 Å². The number of aromatic nitrogens is 1. The zero-order chi connectivity index (χ0) is 13.0. The van der Waals surface area contributed by atoms with Crippen molar-refractivity contribution in [3.8, 4) is 0 Å². The molecule has 0 radical (unpaired) electrons. The molecule has 0 aliphatic carbocycles. The highest BCUT2D eigenvalue weighted by Gasteiger charge is 2.17. The number of carbonyl (C=O) groups is 1. The number of hydrogen-bond donors (Lipinski definition) is 0. The molecule has 2 heterocycles. The van der Waals surface area contributed by atoms with Gasteiger partial charge >= 0.3 is 4.87 Å². The van der Waals surface area contributed by atoms with Crippen molar-refractivity contribution in [3.05, 3.63) is 20.7 Å². The van der Waals surface area contributed by atoms with Crippen LogP contribution < -0.4 is 4.87 Å². The number of thiazole rings is 1. The summed E-state index contributed by atoms with van der Waals surface area (Å²) in [5.74, 6) is 0.0237. The van der Waals surface area contributed by atoms with Crippen molar-refractivity contribution in [1.29, 1.82) is 0 Å².